The number of hydrogen-bond donors (Lipinski definition) is 2. The second-order valence-electron chi connectivity index (χ2n) is 3.82. The summed E-state index contributed by atoms with van der Waals surface area (Å²) in [5.41, 5.74) is 4.52. The van der Waals surface area contributed by atoms with Crippen molar-refractivity contribution in [3.8, 4) is 11.5 Å². The van der Waals surface area contributed by atoms with Crippen molar-refractivity contribution in [2.24, 2.45) is 5.73 Å². The van der Waals surface area contributed by atoms with E-state index in [9.17, 15) is 13.9 Å². The zero-order valence-corrected chi connectivity index (χ0v) is 8.77. The Kier molecular flexibility index (Phi) is 2.86. The molecule has 0 saturated heterocycles. The molecule has 0 amide bonds. The molecule has 0 saturated carbocycles. The van der Waals surface area contributed by atoms with Crippen LogP contribution in [0.2, 0.25) is 0 Å². The van der Waals surface area contributed by atoms with Gasteiger partial charge in [-0.15, -0.1) is 0 Å². The fourth-order valence-corrected chi connectivity index (χ4v) is 1.39. The third kappa shape index (κ3) is 2.02. The quantitative estimate of drug-likeness (QED) is 0.795. The van der Waals surface area contributed by atoms with Crippen LogP contribution in [0.4, 0.5) is 8.78 Å². The average Bonchev–Trinajstić information content (AvgIpc) is 2.08. The molecule has 0 spiro atoms. The van der Waals surface area contributed by atoms with Crippen LogP contribution >= 0.6 is 0 Å². The van der Waals surface area contributed by atoms with Crippen LogP contribution in [0.3, 0.4) is 0 Å². The van der Waals surface area contributed by atoms with Gasteiger partial charge in [0.25, 0.3) is 0 Å². The molecule has 0 aromatic heterocycles. The molecule has 0 aliphatic rings. The molecule has 3 nitrogen and oxygen atoms in total. The first-order valence-corrected chi connectivity index (χ1v) is 4.33. The normalized spacial score (nSPS) is 11.6. The summed E-state index contributed by atoms with van der Waals surface area (Å²) < 4.78 is 31.1. The lowest BCUT2D eigenvalue weighted by Gasteiger charge is -2.23. The van der Waals surface area contributed by atoms with E-state index in [2.05, 4.69) is 0 Å². The lowest BCUT2D eigenvalue weighted by molar-refractivity contribution is 0.343. The molecule has 0 atom stereocenters. The Labute approximate surface area is 86.5 Å². The van der Waals surface area contributed by atoms with Gasteiger partial charge in [0, 0.05) is 11.6 Å². The van der Waals surface area contributed by atoms with Crippen molar-refractivity contribution in [2.75, 3.05) is 7.11 Å². The van der Waals surface area contributed by atoms with E-state index in [1.54, 1.807) is 0 Å². The van der Waals surface area contributed by atoms with E-state index in [1.165, 1.54) is 21.0 Å². The van der Waals surface area contributed by atoms with E-state index in [0.717, 1.165) is 0 Å². The first-order chi connectivity index (χ1) is 6.79. The maximum Gasteiger partial charge on any atom is 0.168 e. The Hall–Kier alpha value is -1.36. The number of halogens is 2. The average molecular weight is 217 g/mol. The van der Waals surface area contributed by atoms with Crippen LogP contribution in [-0.4, -0.2) is 12.2 Å². The third-order valence-electron chi connectivity index (χ3n) is 2.01. The van der Waals surface area contributed by atoms with E-state index in [1.807, 2.05) is 0 Å². The molecule has 1 aromatic carbocycles. The summed E-state index contributed by atoms with van der Waals surface area (Å²) in [5, 5.41) is 9.47. The van der Waals surface area contributed by atoms with E-state index in [-0.39, 0.29) is 11.3 Å². The van der Waals surface area contributed by atoms with E-state index < -0.39 is 22.9 Å². The number of phenols is 1. The summed E-state index contributed by atoms with van der Waals surface area (Å²) in [7, 11) is 1.23. The summed E-state index contributed by atoms with van der Waals surface area (Å²) in [6.07, 6.45) is 0. The molecule has 5 heteroatoms. The number of ether oxygens (including phenoxy) is 1. The Bertz CT molecular complexity index is 386. The third-order valence-corrected chi connectivity index (χ3v) is 2.01. The SMILES string of the molecule is COc1c(F)cc(F)c(O)c1C(C)(C)N. The highest BCUT2D eigenvalue weighted by Crippen LogP contribution is 2.39. The molecule has 15 heavy (non-hydrogen) atoms. The molecule has 0 fully saturated rings. The van der Waals surface area contributed by atoms with Crippen molar-refractivity contribution in [2.45, 2.75) is 19.4 Å². The van der Waals surface area contributed by atoms with Crippen molar-refractivity contribution in [3.05, 3.63) is 23.3 Å². The molecule has 1 rings (SSSR count). The number of benzene rings is 1. The van der Waals surface area contributed by atoms with Gasteiger partial charge >= 0.3 is 0 Å². The second-order valence-corrected chi connectivity index (χ2v) is 3.82. The summed E-state index contributed by atoms with van der Waals surface area (Å²) in [6, 6.07) is 0.559. The molecule has 1 aromatic rings. The van der Waals surface area contributed by atoms with Gasteiger partial charge in [-0.1, -0.05) is 0 Å². The highest BCUT2D eigenvalue weighted by Gasteiger charge is 2.28. The Morgan fingerprint density at radius 2 is 1.87 bits per heavy atom. The van der Waals surface area contributed by atoms with Crippen LogP contribution in [0.15, 0.2) is 6.07 Å². The zero-order valence-electron chi connectivity index (χ0n) is 8.77. The van der Waals surface area contributed by atoms with Crippen molar-refractivity contribution < 1.29 is 18.6 Å². The predicted octanol–water partition coefficient (Wildman–Crippen LogP) is 1.87. The lowest BCUT2D eigenvalue weighted by Crippen LogP contribution is -2.30. The molecule has 0 heterocycles. The highest BCUT2D eigenvalue weighted by molar-refractivity contribution is 5.49. The van der Waals surface area contributed by atoms with Gasteiger partial charge in [-0.25, -0.2) is 8.78 Å². The zero-order chi connectivity index (χ0) is 11.8. The van der Waals surface area contributed by atoms with Crippen LogP contribution < -0.4 is 10.5 Å². The number of rotatable bonds is 2. The smallest absolute Gasteiger partial charge is 0.168 e. The maximum absolute atomic E-state index is 13.3. The fourth-order valence-electron chi connectivity index (χ4n) is 1.39. The molecular formula is C10H13F2NO2. The van der Waals surface area contributed by atoms with Gasteiger partial charge in [-0.3, -0.25) is 0 Å². The van der Waals surface area contributed by atoms with Crippen LogP contribution in [0, 0.1) is 11.6 Å². The van der Waals surface area contributed by atoms with Gasteiger partial charge in [-0.2, -0.15) is 0 Å². The lowest BCUT2D eigenvalue weighted by atomic mass is 9.93. The van der Waals surface area contributed by atoms with Crippen LogP contribution in [0.25, 0.3) is 0 Å². The van der Waals surface area contributed by atoms with Crippen molar-refractivity contribution in [1.29, 1.82) is 0 Å². The molecule has 0 bridgehead atoms. The Balaban J connectivity index is 3.59. The number of nitrogens with two attached hydrogens (primary N) is 1. The minimum atomic E-state index is -1.10. The summed E-state index contributed by atoms with van der Waals surface area (Å²) in [4.78, 5) is 0. The standard InChI is InChI=1S/C10H13F2NO2/c1-10(2,13)7-8(14)5(11)4-6(12)9(7)15-3/h4,14H,13H2,1-3H3. The Morgan fingerprint density at radius 3 is 2.27 bits per heavy atom. The van der Waals surface area contributed by atoms with Gasteiger partial charge in [0.15, 0.2) is 23.1 Å². The first kappa shape index (κ1) is 11.7. The van der Waals surface area contributed by atoms with Gasteiger partial charge in [0.05, 0.1) is 12.7 Å². The highest BCUT2D eigenvalue weighted by atomic mass is 19.1. The topological polar surface area (TPSA) is 55.5 Å². The molecular weight excluding hydrogens is 204 g/mol. The van der Waals surface area contributed by atoms with Crippen molar-refractivity contribution in [1.82, 2.24) is 0 Å². The minimum absolute atomic E-state index is 0.0810. The fraction of sp³-hybridized carbons (Fsp3) is 0.400. The van der Waals surface area contributed by atoms with Crippen molar-refractivity contribution in [3.63, 3.8) is 0 Å². The molecule has 3 N–H and O–H groups in total. The van der Waals surface area contributed by atoms with Crippen LogP contribution in [0.5, 0.6) is 11.5 Å². The number of hydrogen-bond acceptors (Lipinski definition) is 3. The molecule has 84 valence electrons. The Morgan fingerprint density at radius 1 is 1.33 bits per heavy atom. The maximum atomic E-state index is 13.3. The molecule has 0 unspecified atom stereocenters. The minimum Gasteiger partial charge on any atom is -0.504 e. The van der Waals surface area contributed by atoms with Gasteiger partial charge in [0.2, 0.25) is 0 Å². The van der Waals surface area contributed by atoms with E-state index in [4.69, 9.17) is 10.5 Å². The number of aromatic hydroxyl groups is 1. The summed E-state index contributed by atoms with van der Waals surface area (Å²) in [5.74, 6) is -2.86. The van der Waals surface area contributed by atoms with Gasteiger partial charge in [-0.05, 0) is 13.8 Å². The van der Waals surface area contributed by atoms with Crippen molar-refractivity contribution >= 4 is 0 Å². The monoisotopic (exact) mass is 217 g/mol. The van der Waals surface area contributed by atoms with Gasteiger partial charge in [0.1, 0.15) is 0 Å². The van der Waals surface area contributed by atoms with Crippen LogP contribution in [-0.2, 0) is 5.54 Å². The predicted molar refractivity (Wildman–Crippen MR) is 51.8 cm³/mol. The molecule has 0 aliphatic heterocycles. The first-order valence-electron chi connectivity index (χ1n) is 4.33. The van der Waals surface area contributed by atoms with Crippen LogP contribution in [0.1, 0.15) is 19.4 Å². The summed E-state index contributed by atoms with van der Waals surface area (Å²) in [6.45, 7) is 3.03. The second kappa shape index (κ2) is 3.66. The van der Waals surface area contributed by atoms with Gasteiger partial charge < -0.3 is 15.6 Å². The largest absolute Gasteiger partial charge is 0.504 e. The van der Waals surface area contributed by atoms with E-state index >= 15 is 0 Å². The van der Waals surface area contributed by atoms with E-state index in [0.29, 0.717) is 6.07 Å². The molecule has 0 aliphatic carbocycles. The number of phenolic OH excluding ortho intramolecular Hbond substituents is 1. The number of methoxy groups -OCH3 is 1. The molecule has 0 radical (unpaired) electrons. The summed E-state index contributed by atoms with van der Waals surface area (Å²) >= 11 is 0.